The fraction of sp³-hybridized carbons (Fsp3) is 0.571. The Balaban J connectivity index is 2.41. The van der Waals surface area contributed by atoms with Crippen LogP contribution in [0.3, 0.4) is 0 Å². The highest BCUT2D eigenvalue weighted by Crippen LogP contribution is 2.26. The Morgan fingerprint density at radius 2 is 2.00 bits per heavy atom. The van der Waals surface area contributed by atoms with Gasteiger partial charge in [-0.3, -0.25) is 9.59 Å². The number of sulfonamides is 1. The van der Waals surface area contributed by atoms with Gasteiger partial charge in [0.05, 0.1) is 6.04 Å². The Labute approximate surface area is 130 Å². The van der Waals surface area contributed by atoms with E-state index in [9.17, 15) is 18.0 Å². The van der Waals surface area contributed by atoms with Crippen LogP contribution in [0.2, 0.25) is 0 Å². The fourth-order valence-corrected chi connectivity index (χ4v) is 4.54. The van der Waals surface area contributed by atoms with Gasteiger partial charge in [-0.25, -0.2) is 8.42 Å². The van der Waals surface area contributed by atoms with E-state index in [-0.39, 0.29) is 22.3 Å². The van der Waals surface area contributed by atoms with Crippen molar-refractivity contribution in [1.29, 1.82) is 0 Å². The largest absolute Gasteiger partial charge is 0.354 e. The summed E-state index contributed by atoms with van der Waals surface area (Å²) in [7, 11) is -0.689. The van der Waals surface area contributed by atoms with Gasteiger partial charge in [-0.1, -0.05) is 6.42 Å². The van der Waals surface area contributed by atoms with Crippen molar-refractivity contribution in [3.05, 3.63) is 18.0 Å². The Morgan fingerprint density at radius 3 is 2.59 bits per heavy atom. The first kappa shape index (κ1) is 16.7. The van der Waals surface area contributed by atoms with Gasteiger partial charge in [-0.2, -0.15) is 4.31 Å². The number of ketones is 1. The molecule has 1 aromatic heterocycles. The van der Waals surface area contributed by atoms with E-state index in [0.29, 0.717) is 13.0 Å². The number of Topliss-reactive ketones (excluding diaryl/α,β-unsaturated/α-hetero) is 1. The van der Waals surface area contributed by atoms with Gasteiger partial charge >= 0.3 is 0 Å². The SMILES string of the molecule is CNC(=O)c1cc(S(=O)(=O)N2CCCC[C@@H]2C(C)=O)cn1C. The third kappa shape index (κ3) is 2.93. The fourth-order valence-electron chi connectivity index (χ4n) is 2.76. The van der Waals surface area contributed by atoms with Crippen molar-refractivity contribution in [2.75, 3.05) is 13.6 Å². The lowest BCUT2D eigenvalue weighted by Gasteiger charge is -2.32. The molecule has 1 fully saturated rings. The lowest BCUT2D eigenvalue weighted by molar-refractivity contribution is -0.121. The lowest BCUT2D eigenvalue weighted by atomic mass is 10.0. The van der Waals surface area contributed by atoms with Gasteiger partial charge in [0.1, 0.15) is 16.4 Å². The van der Waals surface area contributed by atoms with Crippen molar-refractivity contribution >= 4 is 21.7 Å². The molecule has 0 unspecified atom stereocenters. The number of rotatable bonds is 4. The number of piperidine rings is 1. The molecule has 2 rings (SSSR count). The van der Waals surface area contributed by atoms with E-state index in [4.69, 9.17) is 0 Å². The number of amides is 1. The van der Waals surface area contributed by atoms with Crippen molar-refractivity contribution in [3.8, 4) is 0 Å². The van der Waals surface area contributed by atoms with E-state index >= 15 is 0 Å². The molecule has 1 aliphatic heterocycles. The van der Waals surface area contributed by atoms with Crippen LogP contribution in [0.1, 0.15) is 36.7 Å². The van der Waals surface area contributed by atoms with Crippen LogP contribution in [0.4, 0.5) is 0 Å². The molecule has 1 amide bonds. The van der Waals surface area contributed by atoms with Crippen molar-refractivity contribution < 1.29 is 18.0 Å². The van der Waals surface area contributed by atoms with E-state index in [2.05, 4.69) is 5.32 Å². The number of carbonyl (C=O) groups excluding carboxylic acids is 2. The summed E-state index contributed by atoms with van der Waals surface area (Å²) in [6, 6.07) is 0.738. The van der Waals surface area contributed by atoms with Crippen LogP contribution < -0.4 is 5.32 Å². The first-order valence-corrected chi connectivity index (χ1v) is 8.63. The van der Waals surface area contributed by atoms with Crippen LogP contribution >= 0.6 is 0 Å². The summed E-state index contributed by atoms with van der Waals surface area (Å²) in [6.07, 6.45) is 3.53. The molecular weight excluding hydrogens is 306 g/mol. The van der Waals surface area contributed by atoms with Crippen LogP contribution in [-0.2, 0) is 21.9 Å². The zero-order valence-electron chi connectivity index (χ0n) is 13.0. The maximum Gasteiger partial charge on any atom is 0.267 e. The number of aromatic nitrogens is 1. The average molecular weight is 327 g/mol. The molecule has 7 nitrogen and oxygen atoms in total. The molecule has 1 aromatic rings. The average Bonchev–Trinajstić information content (AvgIpc) is 2.89. The summed E-state index contributed by atoms with van der Waals surface area (Å²) >= 11 is 0. The minimum absolute atomic E-state index is 0.0433. The third-order valence-corrected chi connectivity index (χ3v) is 5.84. The Kier molecular flexibility index (Phi) is 4.72. The minimum atomic E-state index is -3.79. The maximum absolute atomic E-state index is 12.8. The number of nitrogens with zero attached hydrogens (tertiary/aromatic N) is 2. The van der Waals surface area contributed by atoms with Gasteiger partial charge in [0.25, 0.3) is 5.91 Å². The van der Waals surface area contributed by atoms with Crippen LogP contribution in [0.25, 0.3) is 0 Å². The molecule has 0 radical (unpaired) electrons. The highest BCUT2D eigenvalue weighted by atomic mass is 32.2. The van der Waals surface area contributed by atoms with Gasteiger partial charge in [0, 0.05) is 26.8 Å². The standard InChI is InChI=1S/C14H21N3O4S/c1-10(18)12-6-4-5-7-17(12)22(20,21)11-8-13(14(19)15-2)16(3)9-11/h8-9,12H,4-7H2,1-3H3,(H,15,19)/t12-/m1/s1. The summed E-state index contributed by atoms with van der Waals surface area (Å²) in [4.78, 5) is 23.5. The number of hydrogen-bond donors (Lipinski definition) is 1. The van der Waals surface area contributed by atoms with Gasteiger partial charge < -0.3 is 9.88 Å². The predicted octanol–water partition coefficient (Wildman–Crippen LogP) is 0.517. The zero-order chi connectivity index (χ0) is 16.5. The Bertz CT molecular complexity index is 693. The molecule has 0 aliphatic carbocycles. The smallest absolute Gasteiger partial charge is 0.267 e. The number of nitrogens with one attached hydrogen (secondary N) is 1. The molecule has 1 atom stereocenters. The van der Waals surface area contributed by atoms with Crippen LogP contribution in [0.15, 0.2) is 17.2 Å². The Morgan fingerprint density at radius 1 is 1.32 bits per heavy atom. The molecule has 22 heavy (non-hydrogen) atoms. The van der Waals surface area contributed by atoms with Gasteiger partial charge in [-0.05, 0) is 25.8 Å². The van der Waals surface area contributed by atoms with E-state index in [0.717, 1.165) is 12.8 Å². The van der Waals surface area contributed by atoms with Crippen molar-refractivity contribution in [3.63, 3.8) is 0 Å². The monoisotopic (exact) mass is 327 g/mol. The van der Waals surface area contributed by atoms with Crippen LogP contribution in [0, 0.1) is 0 Å². The lowest BCUT2D eigenvalue weighted by Crippen LogP contribution is -2.47. The van der Waals surface area contributed by atoms with Gasteiger partial charge in [0.15, 0.2) is 0 Å². The summed E-state index contributed by atoms with van der Waals surface area (Å²) in [6.45, 7) is 1.75. The highest BCUT2D eigenvalue weighted by molar-refractivity contribution is 7.89. The first-order chi connectivity index (χ1) is 10.3. The summed E-state index contributed by atoms with van der Waals surface area (Å²) in [5.74, 6) is -0.503. The molecular formula is C14H21N3O4S. The second-order valence-electron chi connectivity index (χ2n) is 5.49. The molecule has 1 aliphatic rings. The minimum Gasteiger partial charge on any atom is -0.354 e. The predicted molar refractivity (Wildman–Crippen MR) is 81.0 cm³/mol. The number of hydrogen-bond acceptors (Lipinski definition) is 4. The Hall–Kier alpha value is -1.67. The van der Waals surface area contributed by atoms with E-state index in [1.807, 2.05) is 0 Å². The first-order valence-electron chi connectivity index (χ1n) is 7.19. The molecule has 1 saturated heterocycles. The third-order valence-electron chi connectivity index (χ3n) is 3.97. The van der Waals surface area contributed by atoms with Crippen molar-refractivity contribution in [1.82, 2.24) is 14.2 Å². The molecule has 0 saturated carbocycles. The molecule has 0 bridgehead atoms. The van der Waals surface area contributed by atoms with E-state index < -0.39 is 16.1 Å². The second kappa shape index (κ2) is 6.21. The molecule has 1 N–H and O–H groups in total. The van der Waals surface area contributed by atoms with Gasteiger partial charge in [-0.15, -0.1) is 0 Å². The van der Waals surface area contributed by atoms with E-state index in [1.54, 1.807) is 7.05 Å². The molecule has 8 heteroatoms. The van der Waals surface area contributed by atoms with Gasteiger partial charge in [0.2, 0.25) is 10.0 Å². The van der Waals surface area contributed by atoms with Crippen LogP contribution in [0.5, 0.6) is 0 Å². The maximum atomic E-state index is 12.8. The normalized spacial score (nSPS) is 19.9. The topological polar surface area (TPSA) is 88.5 Å². The second-order valence-corrected chi connectivity index (χ2v) is 7.38. The molecule has 122 valence electrons. The highest BCUT2D eigenvalue weighted by Gasteiger charge is 2.36. The zero-order valence-corrected chi connectivity index (χ0v) is 13.8. The molecule has 0 spiro atoms. The van der Waals surface area contributed by atoms with E-state index in [1.165, 1.54) is 35.1 Å². The summed E-state index contributed by atoms with van der Waals surface area (Å²) in [5, 5.41) is 2.47. The molecule has 0 aromatic carbocycles. The van der Waals surface area contributed by atoms with Crippen molar-refractivity contribution in [2.24, 2.45) is 7.05 Å². The van der Waals surface area contributed by atoms with Crippen LogP contribution in [-0.4, -0.2) is 48.6 Å². The summed E-state index contributed by atoms with van der Waals surface area (Å²) in [5.41, 5.74) is 0.262. The molecule has 2 heterocycles. The quantitative estimate of drug-likeness (QED) is 0.873. The summed E-state index contributed by atoms with van der Waals surface area (Å²) < 4.78 is 28.4. The van der Waals surface area contributed by atoms with Crippen molar-refractivity contribution in [2.45, 2.75) is 37.1 Å². The number of carbonyl (C=O) groups is 2. The number of aryl methyl sites for hydroxylation is 1.